The second-order valence-corrected chi connectivity index (χ2v) is 9.38. The number of aryl methyl sites for hydroxylation is 1. The Kier molecular flexibility index (Phi) is 8.20. The topological polar surface area (TPSA) is 92.8 Å². The highest BCUT2D eigenvalue weighted by Gasteiger charge is 2.38. The highest BCUT2D eigenvalue weighted by atomic mass is 32.2. The second-order valence-electron chi connectivity index (χ2n) is 7.49. The molecule has 0 aliphatic carbocycles. The van der Waals surface area contributed by atoms with Gasteiger partial charge in [0.2, 0.25) is 10.0 Å². The van der Waals surface area contributed by atoms with Crippen LogP contribution in [0.15, 0.2) is 65.6 Å². The molecule has 0 aromatic heterocycles. The van der Waals surface area contributed by atoms with Crippen molar-refractivity contribution in [2.24, 2.45) is 0 Å². The third kappa shape index (κ3) is 6.38. The molecule has 166 valence electrons. The van der Waals surface area contributed by atoms with Crippen LogP contribution in [0.25, 0.3) is 0 Å². The molecular weight excluding hydrogens is 416 g/mol. The highest BCUT2D eigenvalue weighted by Crippen LogP contribution is 2.26. The van der Waals surface area contributed by atoms with E-state index in [1.54, 1.807) is 18.2 Å². The average Bonchev–Trinajstić information content (AvgIpc) is 2.81. The number of carbonyl (C=O) groups excluding carboxylic acids is 2. The van der Waals surface area contributed by atoms with Gasteiger partial charge in [0.15, 0.2) is 6.61 Å². The normalized spacial score (nSPS) is 17.1. The van der Waals surface area contributed by atoms with Crippen LogP contribution in [0, 0.1) is 0 Å². The molecule has 1 heterocycles. The average molecular weight is 445 g/mol. The van der Waals surface area contributed by atoms with Crippen LogP contribution >= 0.6 is 0 Å². The summed E-state index contributed by atoms with van der Waals surface area (Å²) in [5.74, 6) is -1.08. The first-order chi connectivity index (χ1) is 15.0. The molecule has 2 aromatic rings. The van der Waals surface area contributed by atoms with E-state index in [0.29, 0.717) is 19.4 Å². The summed E-state index contributed by atoms with van der Waals surface area (Å²) in [7, 11) is -3.81. The van der Waals surface area contributed by atoms with Crippen LogP contribution in [0.4, 0.5) is 0 Å². The van der Waals surface area contributed by atoms with Crippen LogP contribution in [0.1, 0.15) is 31.2 Å². The van der Waals surface area contributed by atoms with Crippen molar-refractivity contribution < 1.29 is 22.7 Å². The van der Waals surface area contributed by atoms with Gasteiger partial charge in [-0.25, -0.2) is 8.42 Å². The number of nitrogens with one attached hydrogen (secondary N) is 1. The molecule has 3 rings (SSSR count). The lowest BCUT2D eigenvalue weighted by molar-refractivity contribution is -0.153. The lowest BCUT2D eigenvalue weighted by Crippen LogP contribution is -2.49. The Balaban J connectivity index is 1.48. The van der Waals surface area contributed by atoms with Gasteiger partial charge in [-0.1, -0.05) is 48.5 Å². The van der Waals surface area contributed by atoms with Gasteiger partial charge in [0.05, 0.1) is 4.90 Å². The SMILES string of the molecule is O=C(COC(=O)C1CCCCN1S(=O)(=O)c1ccccc1)NCCCc1ccccc1. The molecule has 0 bridgehead atoms. The van der Waals surface area contributed by atoms with Crippen molar-refractivity contribution in [3.05, 3.63) is 66.2 Å². The molecule has 1 N–H and O–H groups in total. The molecule has 31 heavy (non-hydrogen) atoms. The van der Waals surface area contributed by atoms with Crippen LogP contribution in [0.5, 0.6) is 0 Å². The zero-order chi connectivity index (χ0) is 22.1. The first-order valence-electron chi connectivity index (χ1n) is 10.5. The zero-order valence-electron chi connectivity index (χ0n) is 17.4. The van der Waals surface area contributed by atoms with Gasteiger partial charge in [0.1, 0.15) is 6.04 Å². The maximum absolute atomic E-state index is 13.0. The summed E-state index contributed by atoms with van der Waals surface area (Å²) in [6, 6.07) is 17.1. The predicted octanol–water partition coefficient (Wildman–Crippen LogP) is 2.52. The van der Waals surface area contributed by atoms with Crippen LogP contribution < -0.4 is 5.32 Å². The number of sulfonamides is 1. The highest BCUT2D eigenvalue weighted by molar-refractivity contribution is 7.89. The molecule has 1 aliphatic rings. The van der Waals surface area contributed by atoms with Gasteiger partial charge in [-0.15, -0.1) is 0 Å². The largest absolute Gasteiger partial charge is 0.454 e. The molecular formula is C23H28N2O5S. The van der Waals surface area contributed by atoms with E-state index in [4.69, 9.17) is 4.74 Å². The lowest BCUT2D eigenvalue weighted by atomic mass is 10.1. The van der Waals surface area contributed by atoms with E-state index < -0.39 is 34.5 Å². The Bertz CT molecular complexity index is 964. The molecule has 1 fully saturated rings. The fourth-order valence-electron chi connectivity index (χ4n) is 3.61. The Labute approximate surface area is 183 Å². The van der Waals surface area contributed by atoms with Gasteiger partial charge in [0, 0.05) is 13.1 Å². The molecule has 1 unspecified atom stereocenters. The van der Waals surface area contributed by atoms with E-state index in [1.165, 1.54) is 22.0 Å². The van der Waals surface area contributed by atoms with E-state index in [0.717, 1.165) is 19.3 Å². The smallest absolute Gasteiger partial charge is 0.324 e. The Hall–Kier alpha value is -2.71. The van der Waals surface area contributed by atoms with E-state index in [1.807, 2.05) is 30.3 Å². The third-order valence-corrected chi connectivity index (χ3v) is 7.15. The first kappa shape index (κ1) is 23.0. The summed E-state index contributed by atoms with van der Waals surface area (Å²) in [4.78, 5) is 24.8. The van der Waals surface area contributed by atoms with Gasteiger partial charge < -0.3 is 10.1 Å². The van der Waals surface area contributed by atoms with E-state index in [9.17, 15) is 18.0 Å². The Morgan fingerprint density at radius 3 is 2.39 bits per heavy atom. The maximum atomic E-state index is 13.0. The van der Waals surface area contributed by atoms with Crippen LogP contribution in [-0.4, -0.2) is 50.3 Å². The Morgan fingerprint density at radius 1 is 1.00 bits per heavy atom. The van der Waals surface area contributed by atoms with E-state index in [-0.39, 0.29) is 11.4 Å². The number of hydrogen-bond donors (Lipinski definition) is 1. The molecule has 1 saturated heterocycles. The van der Waals surface area contributed by atoms with Gasteiger partial charge in [-0.05, 0) is 49.8 Å². The summed E-state index contributed by atoms with van der Waals surface area (Å²) >= 11 is 0. The molecule has 1 aliphatic heterocycles. The molecule has 0 spiro atoms. The fraction of sp³-hybridized carbons (Fsp3) is 0.391. The molecule has 7 nitrogen and oxygen atoms in total. The molecule has 8 heteroatoms. The number of rotatable bonds is 9. The summed E-state index contributed by atoms with van der Waals surface area (Å²) in [6.45, 7) is 0.311. The van der Waals surface area contributed by atoms with Crippen molar-refractivity contribution >= 4 is 21.9 Å². The molecule has 1 amide bonds. The number of esters is 1. The van der Waals surface area contributed by atoms with Crippen LogP contribution in [0.3, 0.4) is 0 Å². The summed E-state index contributed by atoms with van der Waals surface area (Å²) in [5, 5.41) is 2.73. The van der Waals surface area contributed by atoms with Gasteiger partial charge in [0.25, 0.3) is 5.91 Å². The van der Waals surface area contributed by atoms with Crippen molar-refractivity contribution in [3.8, 4) is 0 Å². The van der Waals surface area contributed by atoms with Gasteiger partial charge in [-0.3, -0.25) is 9.59 Å². The number of hydrogen-bond acceptors (Lipinski definition) is 5. The van der Waals surface area contributed by atoms with Crippen molar-refractivity contribution in [2.45, 2.75) is 43.0 Å². The molecule has 0 saturated carbocycles. The van der Waals surface area contributed by atoms with Crippen molar-refractivity contribution in [1.29, 1.82) is 0 Å². The fourth-order valence-corrected chi connectivity index (χ4v) is 5.27. The second kappa shape index (κ2) is 11.1. The summed E-state index contributed by atoms with van der Waals surface area (Å²) in [6.07, 6.45) is 3.40. The van der Waals surface area contributed by atoms with E-state index >= 15 is 0 Å². The number of carbonyl (C=O) groups is 2. The van der Waals surface area contributed by atoms with E-state index in [2.05, 4.69) is 5.32 Å². The quantitative estimate of drug-likeness (QED) is 0.474. The first-order valence-corrected chi connectivity index (χ1v) is 12.0. The molecule has 2 aromatic carbocycles. The van der Waals surface area contributed by atoms with Crippen LogP contribution in [-0.2, 0) is 30.8 Å². The third-order valence-electron chi connectivity index (χ3n) is 5.23. The number of benzene rings is 2. The number of ether oxygens (including phenoxy) is 1. The van der Waals surface area contributed by atoms with Gasteiger partial charge in [-0.2, -0.15) is 4.31 Å². The maximum Gasteiger partial charge on any atom is 0.324 e. The minimum absolute atomic E-state index is 0.144. The standard InChI is InChI=1S/C23H28N2O5S/c26-22(24-16-9-12-19-10-3-1-4-11-19)18-30-23(27)21-15-7-8-17-25(21)31(28,29)20-13-5-2-6-14-20/h1-6,10-11,13-14,21H,7-9,12,15-18H2,(H,24,26). The minimum atomic E-state index is -3.81. The minimum Gasteiger partial charge on any atom is -0.454 e. The predicted molar refractivity (Wildman–Crippen MR) is 117 cm³/mol. The van der Waals surface area contributed by atoms with Crippen molar-refractivity contribution in [1.82, 2.24) is 9.62 Å². The van der Waals surface area contributed by atoms with Crippen LogP contribution in [0.2, 0.25) is 0 Å². The summed E-state index contributed by atoms with van der Waals surface area (Å²) < 4.78 is 32.3. The monoisotopic (exact) mass is 444 g/mol. The molecule has 0 radical (unpaired) electrons. The number of amides is 1. The summed E-state index contributed by atoms with van der Waals surface area (Å²) in [5.41, 5.74) is 1.19. The zero-order valence-corrected chi connectivity index (χ0v) is 18.2. The Morgan fingerprint density at radius 2 is 1.68 bits per heavy atom. The molecule has 1 atom stereocenters. The van der Waals surface area contributed by atoms with Crippen molar-refractivity contribution in [3.63, 3.8) is 0 Å². The number of nitrogens with zero attached hydrogens (tertiary/aromatic N) is 1. The van der Waals surface area contributed by atoms with Crippen molar-refractivity contribution in [2.75, 3.05) is 19.7 Å². The lowest BCUT2D eigenvalue weighted by Gasteiger charge is -2.32. The number of piperidine rings is 1. The van der Waals surface area contributed by atoms with Gasteiger partial charge >= 0.3 is 5.97 Å².